The molecule has 3 aliphatic rings. The summed E-state index contributed by atoms with van der Waals surface area (Å²) in [6.45, 7) is 29.9. The predicted molar refractivity (Wildman–Crippen MR) is 127 cm³/mol. The summed E-state index contributed by atoms with van der Waals surface area (Å²) in [5.74, 6) is 3.72. The van der Waals surface area contributed by atoms with E-state index in [2.05, 4.69) is 79.0 Å². The van der Waals surface area contributed by atoms with Gasteiger partial charge >= 0.3 is 0 Å². The molecule has 1 aliphatic carbocycles. The second-order valence-electron chi connectivity index (χ2n) is 14.3. The van der Waals surface area contributed by atoms with Crippen LogP contribution in [0.3, 0.4) is 0 Å². The second kappa shape index (κ2) is 7.80. The molecule has 2 bridgehead atoms. The third kappa shape index (κ3) is 5.05. The number of nitrogens with zero attached hydrogens (tertiary/aromatic N) is 2. The SMILES string of the molecule is CC(C)(C)C1CCN(C(C)(C)CCC(C)(C)C2C3CC2CN(C(C)(C)C)C3)CC1. The Morgan fingerprint density at radius 2 is 1.21 bits per heavy atom. The van der Waals surface area contributed by atoms with Crippen molar-refractivity contribution in [3.63, 3.8) is 0 Å². The van der Waals surface area contributed by atoms with Crippen molar-refractivity contribution >= 4 is 0 Å². The van der Waals surface area contributed by atoms with E-state index in [0.717, 1.165) is 23.7 Å². The highest BCUT2D eigenvalue weighted by atomic mass is 15.2. The first kappa shape index (κ1) is 23.6. The van der Waals surface area contributed by atoms with Crippen LogP contribution in [0.5, 0.6) is 0 Å². The molecule has 2 heterocycles. The van der Waals surface area contributed by atoms with Crippen molar-refractivity contribution in [1.29, 1.82) is 0 Å². The van der Waals surface area contributed by atoms with Gasteiger partial charge in [-0.3, -0.25) is 9.80 Å². The lowest BCUT2D eigenvalue weighted by molar-refractivity contribution is -0.128. The third-order valence-corrected chi connectivity index (χ3v) is 9.34. The van der Waals surface area contributed by atoms with E-state index in [4.69, 9.17) is 0 Å². The van der Waals surface area contributed by atoms with E-state index >= 15 is 0 Å². The Hall–Kier alpha value is -0.0800. The molecular formula is C27H52N2. The summed E-state index contributed by atoms with van der Waals surface area (Å²) >= 11 is 0. The fourth-order valence-corrected chi connectivity index (χ4v) is 7.02. The number of fused-ring (bicyclic) bond motifs is 2. The molecule has 0 amide bonds. The molecule has 2 atom stereocenters. The van der Waals surface area contributed by atoms with Gasteiger partial charge in [0.15, 0.2) is 0 Å². The Labute approximate surface area is 183 Å². The quantitative estimate of drug-likeness (QED) is 0.503. The molecule has 2 nitrogen and oxygen atoms in total. The standard InChI is InChI=1S/C27H52N2/c1-24(2,3)22-11-15-28(16-12-22)27(9,10)14-13-26(7,8)23-20-17-21(23)19-29(18-20)25(4,5)6/h20-23H,11-19H2,1-10H3. The van der Waals surface area contributed by atoms with Gasteiger partial charge in [-0.15, -0.1) is 0 Å². The fraction of sp³-hybridized carbons (Fsp3) is 1.00. The normalized spacial score (nSPS) is 31.0. The van der Waals surface area contributed by atoms with Crippen LogP contribution in [-0.2, 0) is 0 Å². The molecule has 0 aromatic carbocycles. The largest absolute Gasteiger partial charge is 0.298 e. The van der Waals surface area contributed by atoms with Crippen LogP contribution in [-0.4, -0.2) is 47.1 Å². The molecule has 2 aliphatic heterocycles. The van der Waals surface area contributed by atoms with Crippen LogP contribution in [0.2, 0.25) is 0 Å². The molecule has 170 valence electrons. The van der Waals surface area contributed by atoms with E-state index in [1.54, 1.807) is 0 Å². The molecule has 0 aromatic rings. The maximum atomic E-state index is 2.81. The van der Waals surface area contributed by atoms with Gasteiger partial charge in [0.05, 0.1) is 0 Å². The molecule has 3 rings (SSSR count). The van der Waals surface area contributed by atoms with Crippen LogP contribution in [0.25, 0.3) is 0 Å². The van der Waals surface area contributed by atoms with Gasteiger partial charge in [0.25, 0.3) is 0 Å². The molecule has 1 saturated carbocycles. The molecule has 0 aromatic heterocycles. The first-order valence-electron chi connectivity index (χ1n) is 12.6. The van der Waals surface area contributed by atoms with E-state index in [1.165, 1.54) is 58.3 Å². The second-order valence-corrected chi connectivity index (χ2v) is 14.3. The van der Waals surface area contributed by atoms with E-state index in [9.17, 15) is 0 Å². The van der Waals surface area contributed by atoms with Crippen molar-refractivity contribution < 1.29 is 0 Å². The lowest BCUT2D eigenvalue weighted by atomic mass is 9.51. The van der Waals surface area contributed by atoms with Crippen LogP contribution in [0.15, 0.2) is 0 Å². The lowest BCUT2D eigenvalue weighted by Gasteiger charge is -2.62. The zero-order chi connectivity index (χ0) is 21.8. The van der Waals surface area contributed by atoms with Crippen molar-refractivity contribution in [2.24, 2.45) is 34.5 Å². The minimum absolute atomic E-state index is 0.340. The lowest BCUT2D eigenvalue weighted by Crippen LogP contribution is -2.63. The zero-order valence-corrected chi connectivity index (χ0v) is 21.6. The maximum Gasteiger partial charge on any atom is 0.0153 e. The average molecular weight is 405 g/mol. The van der Waals surface area contributed by atoms with Gasteiger partial charge in [-0.05, 0) is 114 Å². The van der Waals surface area contributed by atoms with E-state index in [0.29, 0.717) is 21.9 Å². The summed E-state index contributed by atoms with van der Waals surface area (Å²) in [6.07, 6.45) is 6.98. The Balaban J connectivity index is 1.53. The van der Waals surface area contributed by atoms with Crippen LogP contribution in [0.1, 0.15) is 101 Å². The van der Waals surface area contributed by atoms with Crippen molar-refractivity contribution in [2.75, 3.05) is 26.2 Å². The van der Waals surface area contributed by atoms with Gasteiger partial charge in [0.1, 0.15) is 0 Å². The van der Waals surface area contributed by atoms with Crippen LogP contribution >= 0.6 is 0 Å². The number of piperidine rings is 3. The molecule has 0 radical (unpaired) electrons. The molecule has 2 unspecified atom stereocenters. The molecule has 29 heavy (non-hydrogen) atoms. The number of hydrogen-bond donors (Lipinski definition) is 0. The molecular weight excluding hydrogens is 352 g/mol. The molecule has 0 N–H and O–H groups in total. The first-order valence-corrected chi connectivity index (χ1v) is 12.6. The van der Waals surface area contributed by atoms with Crippen molar-refractivity contribution in [3.05, 3.63) is 0 Å². The van der Waals surface area contributed by atoms with Crippen molar-refractivity contribution in [1.82, 2.24) is 9.80 Å². The van der Waals surface area contributed by atoms with Gasteiger partial charge in [-0.1, -0.05) is 34.6 Å². The predicted octanol–water partition coefficient (Wildman–Crippen LogP) is 6.70. The van der Waals surface area contributed by atoms with Crippen LogP contribution in [0.4, 0.5) is 0 Å². The number of likely N-dealkylation sites (tertiary alicyclic amines) is 2. The summed E-state index contributed by atoms with van der Waals surface area (Å²) < 4.78 is 0. The van der Waals surface area contributed by atoms with Gasteiger partial charge < -0.3 is 0 Å². The Kier molecular flexibility index (Phi) is 6.35. The van der Waals surface area contributed by atoms with Crippen LogP contribution < -0.4 is 0 Å². The van der Waals surface area contributed by atoms with Gasteiger partial charge in [0, 0.05) is 24.2 Å². The summed E-state index contributed by atoms with van der Waals surface area (Å²) in [5, 5.41) is 0. The van der Waals surface area contributed by atoms with Gasteiger partial charge in [0.2, 0.25) is 0 Å². The average Bonchev–Trinajstić information content (AvgIpc) is 2.58. The van der Waals surface area contributed by atoms with Crippen LogP contribution in [0, 0.1) is 34.5 Å². The molecule has 2 saturated heterocycles. The number of rotatable bonds is 5. The highest BCUT2D eigenvalue weighted by Crippen LogP contribution is 2.56. The monoisotopic (exact) mass is 404 g/mol. The highest BCUT2D eigenvalue weighted by molar-refractivity contribution is 5.05. The molecule has 2 heteroatoms. The van der Waals surface area contributed by atoms with E-state index in [1.807, 2.05) is 0 Å². The van der Waals surface area contributed by atoms with Gasteiger partial charge in [-0.25, -0.2) is 0 Å². The van der Waals surface area contributed by atoms with Crippen molar-refractivity contribution in [2.45, 2.75) is 112 Å². The van der Waals surface area contributed by atoms with Crippen molar-refractivity contribution in [3.8, 4) is 0 Å². The molecule has 3 fully saturated rings. The van der Waals surface area contributed by atoms with E-state index < -0.39 is 0 Å². The summed E-state index contributed by atoms with van der Waals surface area (Å²) in [7, 11) is 0. The fourth-order valence-electron chi connectivity index (χ4n) is 7.02. The van der Waals surface area contributed by atoms with Gasteiger partial charge in [-0.2, -0.15) is 0 Å². The zero-order valence-electron chi connectivity index (χ0n) is 21.6. The summed E-state index contributed by atoms with van der Waals surface area (Å²) in [5.41, 5.74) is 1.64. The Bertz CT molecular complexity index is 542. The summed E-state index contributed by atoms with van der Waals surface area (Å²) in [4.78, 5) is 5.57. The van der Waals surface area contributed by atoms with E-state index in [-0.39, 0.29) is 0 Å². The smallest absolute Gasteiger partial charge is 0.0153 e. The molecule has 0 spiro atoms. The highest BCUT2D eigenvalue weighted by Gasteiger charge is 2.54. The Morgan fingerprint density at radius 3 is 1.66 bits per heavy atom. The topological polar surface area (TPSA) is 6.48 Å². The maximum absolute atomic E-state index is 2.81. The Morgan fingerprint density at radius 1 is 0.690 bits per heavy atom. The first-order chi connectivity index (χ1) is 13.1. The number of hydrogen-bond acceptors (Lipinski definition) is 2. The third-order valence-electron chi connectivity index (χ3n) is 9.34. The summed E-state index contributed by atoms with van der Waals surface area (Å²) in [6, 6.07) is 0. The minimum Gasteiger partial charge on any atom is -0.298 e. The minimum atomic E-state index is 0.340.